The lowest BCUT2D eigenvalue weighted by atomic mass is 10.3. The summed E-state index contributed by atoms with van der Waals surface area (Å²) in [6.45, 7) is -1.10. The number of hydrogen-bond acceptors (Lipinski definition) is 5. The number of rotatable bonds is 6. The van der Waals surface area contributed by atoms with Crippen LogP contribution in [0.1, 0.15) is 10.6 Å². The molecule has 126 valence electrons. The zero-order valence-electron chi connectivity index (χ0n) is 12.2. The minimum Gasteiger partial charge on any atom is -0.459 e. The molecule has 9 heteroatoms. The van der Waals surface area contributed by atoms with E-state index in [1.807, 2.05) is 0 Å². The number of amides is 2. The lowest BCUT2D eigenvalue weighted by molar-refractivity contribution is -0.146. The smallest absolute Gasteiger partial charge is 0.325 e. The predicted molar refractivity (Wildman–Crippen MR) is 77.0 cm³/mol. The fourth-order valence-electron chi connectivity index (χ4n) is 1.62. The van der Waals surface area contributed by atoms with Crippen molar-refractivity contribution in [1.82, 2.24) is 5.32 Å². The van der Waals surface area contributed by atoms with Crippen molar-refractivity contribution in [2.75, 3.05) is 18.5 Å². The third-order valence-corrected chi connectivity index (χ3v) is 2.71. The maximum atomic E-state index is 13.0. The van der Waals surface area contributed by atoms with Gasteiger partial charge in [-0.1, -0.05) is 0 Å². The summed E-state index contributed by atoms with van der Waals surface area (Å²) >= 11 is 0. The van der Waals surface area contributed by atoms with E-state index in [2.05, 4.69) is 15.4 Å². The highest BCUT2D eigenvalue weighted by Crippen LogP contribution is 2.12. The summed E-state index contributed by atoms with van der Waals surface area (Å²) in [5, 5.41) is 4.47. The number of esters is 1. The molecule has 2 N–H and O–H groups in total. The van der Waals surface area contributed by atoms with Crippen LogP contribution >= 0.6 is 0 Å². The Morgan fingerprint density at radius 1 is 1.12 bits per heavy atom. The van der Waals surface area contributed by atoms with Crippen molar-refractivity contribution >= 4 is 23.5 Å². The van der Waals surface area contributed by atoms with Gasteiger partial charge in [0.1, 0.15) is 6.54 Å². The van der Waals surface area contributed by atoms with Crippen LogP contribution in [0, 0.1) is 11.6 Å². The average molecular weight is 338 g/mol. The third kappa shape index (κ3) is 4.90. The fraction of sp³-hybridized carbons (Fsp3) is 0.133. The van der Waals surface area contributed by atoms with Crippen LogP contribution in [0.15, 0.2) is 41.0 Å². The summed E-state index contributed by atoms with van der Waals surface area (Å²) in [5.74, 6) is -4.35. The standard InChI is InChI=1S/C15H12F2N2O5/c16-10-4-3-9(6-11(10)17)19-13(20)8-24-14(21)7-18-15(22)12-2-1-5-23-12/h1-6H,7-8H2,(H,18,22)(H,19,20). The molecule has 1 aromatic carbocycles. The van der Waals surface area contributed by atoms with Crippen molar-refractivity contribution in [2.24, 2.45) is 0 Å². The first-order valence-corrected chi connectivity index (χ1v) is 6.68. The quantitative estimate of drug-likeness (QED) is 0.778. The molecule has 0 fully saturated rings. The molecular weight excluding hydrogens is 326 g/mol. The van der Waals surface area contributed by atoms with Gasteiger partial charge >= 0.3 is 5.97 Å². The van der Waals surface area contributed by atoms with E-state index in [-0.39, 0.29) is 11.4 Å². The first-order chi connectivity index (χ1) is 11.5. The Hall–Kier alpha value is -3.23. The first-order valence-electron chi connectivity index (χ1n) is 6.68. The van der Waals surface area contributed by atoms with Crippen LogP contribution in [-0.2, 0) is 14.3 Å². The van der Waals surface area contributed by atoms with Gasteiger partial charge in [0, 0.05) is 11.8 Å². The topological polar surface area (TPSA) is 97.6 Å². The van der Waals surface area contributed by atoms with Gasteiger partial charge in [-0.05, 0) is 24.3 Å². The molecule has 2 aromatic rings. The lowest BCUT2D eigenvalue weighted by Crippen LogP contribution is -2.32. The monoisotopic (exact) mass is 338 g/mol. The Bertz CT molecular complexity index is 746. The Labute approximate surface area is 134 Å². The molecule has 0 spiro atoms. The van der Waals surface area contributed by atoms with Crippen molar-refractivity contribution in [1.29, 1.82) is 0 Å². The van der Waals surface area contributed by atoms with E-state index in [4.69, 9.17) is 4.42 Å². The number of halogens is 2. The van der Waals surface area contributed by atoms with E-state index >= 15 is 0 Å². The second-order valence-electron chi connectivity index (χ2n) is 4.50. The van der Waals surface area contributed by atoms with E-state index in [9.17, 15) is 23.2 Å². The lowest BCUT2D eigenvalue weighted by Gasteiger charge is -2.07. The summed E-state index contributed by atoms with van der Waals surface area (Å²) in [5.41, 5.74) is 0.0149. The van der Waals surface area contributed by atoms with Crippen LogP contribution in [0.2, 0.25) is 0 Å². The SMILES string of the molecule is O=C(COC(=O)CNC(=O)c1ccco1)Nc1ccc(F)c(F)c1. The molecule has 1 aromatic heterocycles. The van der Waals surface area contributed by atoms with Gasteiger partial charge in [0.15, 0.2) is 24.0 Å². The molecule has 0 unspecified atom stereocenters. The van der Waals surface area contributed by atoms with Crippen molar-refractivity contribution in [3.8, 4) is 0 Å². The van der Waals surface area contributed by atoms with Gasteiger partial charge in [0.05, 0.1) is 6.26 Å². The number of ether oxygens (including phenoxy) is 1. The second kappa shape index (κ2) is 7.86. The number of benzene rings is 1. The molecule has 0 saturated heterocycles. The van der Waals surface area contributed by atoms with E-state index in [0.29, 0.717) is 0 Å². The number of carbonyl (C=O) groups is 3. The largest absolute Gasteiger partial charge is 0.459 e. The second-order valence-corrected chi connectivity index (χ2v) is 4.50. The fourth-order valence-corrected chi connectivity index (χ4v) is 1.62. The highest BCUT2D eigenvalue weighted by molar-refractivity contribution is 5.95. The first kappa shape index (κ1) is 17.1. The molecule has 0 aliphatic heterocycles. The Kier molecular flexibility index (Phi) is 5.61. The zero-order valence-corrected chi connectivity index (χ0v) is 12.2. The summed E-state index contributed by atoms with van der Waals surface area (Å²) in [6, 6.07) is 5.72. The normalized spacial score (nSPS) is 10.1. The molecule has 0 radical (unpaired) electrons. The number of anilines is 1. The molecule has 0 aliphatic rings. The van der Waals surface area contributed by atoms with Crippen LogP contribution in [0.25, 0.3) is 0 Å². The van der Waals surface area contributed by atoms with Crippen LogP contribution in [0.5, 0.6) is 0 Å². The Morgan fingerprint density at radius 3 is 2.58 bits per heavy atom. The Balaban J connectivity index is 1.72. The summed E-state index contributed by atoms with van der Waals surface area (Å²) in [4.78, 5) is 34.4. The van der Waals surface area contributed by atoms with Crippen molar-refractivity contribution in [3.63, 3.8) is 0 Å². The predicted octanol–water partition coefficient (Wildman–Crippen LogP) is 1.47. The Morgan fingerprint density at radius 2 is 1.92 bits per heavy atom. The van der Waals surface area contributed by atoms with Crippen molar-refractivity contribution < 1.29 is 32.3 Å². The van der Waals surface area contributed by atoms with E-state index < -0.39 is 42.6 Å². The molecule has 0 aliphatic carbocycles. The van der Waals surface area contributed by atoms with E-state index in [1.165, 1.54) is 18.4 Å². The van der Waals surface area contributed by atoms with Crippen molar-refractivity contribution in [3.05, 3.63) is 54.0 Å². The van der Waals surface area contributed by atoms with Crippen LogP contribution in [0.3, 0.4) is 0 Å². The molecule has 2 rings (SSSR count). The van der Waals surface area contributed by atoms with Gasteiger partial charge < -0.3 is 19.8 Å². The van der Waals surface area contributed by atoms with E-state index in [1.54, 1.807) is 0 Å². The van der Waals surface area contributed by atoms with Crippen LogP contribution in [0.4, 0.5) is 14.5 Å². The van der Waals surface area contributed by atoms with Gasteiger partial charge in [-0.3, -0.25) is 14.4 Å². The van der Waals surface area contributed by atoms with Gasteiger partial charge in [-0.25, -0.2) is 8.78 Å². The third-order valence-electron chi connectivity index (χ3n) is 2.71. The summed E-state index contributed by atoms with van der Waals surface area (Å²) in [6.07, 6.45) is 1.30. The van der Waals surface area contributed by atoms with Crippen LogP contribution in [-0.4, -0.2) is 30.9 Å². The van der Waals surface area contributed by atoms with Crippen LogP contribution < -0.4 is 10.6 Å². The van der Waals surface area contributed by atoms with E-state index in [0.717, 1.165) is 18.2 Å². The number of nitrogens with one attached hydrogen (secondary N) is 2. The molecule has 1 heterocycles. The van der Waals surface area contributed by atoms with Gasteiger partial charge in [0.2, 0.25) is 0 Å². The zero-order chi connectivity index (χ0) is 17.5. The summed E-state index contributed by atoms with van der Waals surface area (Å²) < 4.78 is 35.2. The maximum Gasteiger partial charge on any atom is 0.325 e. The molecule has 7 nitrogen and oxygen atoms in total. The highest BCUT2D eigenvalue weighted by atomic mass is 19.2. The molecule has 2 amide bonds. The number of carbonyl (C=O) groups excluding carboxylic acids is 3. The minimum absolute atomic E-state index is 0.0149. The highest BCUT2D eigenvalue weighted by Gasteiger charge is 2.13. The molecule has 24 heavy (non-hydrogen) atoms. The summed E-state index contributed by atoms with van der Waals surface area (Å²) in [7, 11) is 0. The molecule has 0 atom stereocenters. The molecule has 0 bridgehead atoms. The maximum absolute atomic E-state index is 13.0. The van der Waals surface area contributed by atoms with Gasteiger partial charge in [-0.2, -0.15) is 0 Å². The van der Waals surface area contributed by atoms with Crippen molar-refractivity contribution in [2.45, 2.75) is 0 Å². The molecule has 0 saturated carbocycles. The van der Waals surface area contributed by atoms with Gasteiger partial charge in [0.25, 0.3) is 11.8 Å². The minimum atomic E-state index is -1.12. The average Bonchev–Trinajstić information content (AvgIpc) is 3.08. The van der Waals surface area contributed by atoms with Gasteiger partial charge in [-0.15, -0.1) is 0 Å². The number of hydrogen-bond donors (Lipinski definition) is 2. The molecular formula is C15H12F2N2O5. The number of furan rings is 1.